The molecule has 2 atom stereocenters. The lowest BCUT2D eigenvalue weighted by Crippen LogP contribution is -2.28. The van der Waals surface area contributed by atoms with Crippen molar-refractivity contribution in [3.05, 3.63) is 29.6 Å². The fraction of sp³-hybridized carbons (Fsp3) is 0.588. The van der Waals surface area contributed by atoms with E-state index in [-0.39, 0.29) is 17.8 Å². The molecule has 116 valence electrons. The molecule has 0 heterocycles. The molecule has 2 unspecified atom stereocenters. The lowest BCUT2D eigenvalue weighted by molar-refractivity contribution is 0.560. The fourth-order valence-corrected chi connectivity index (χ4v) is 2.30. The van der Waals surface area contributed by atoms with Gasteiger partial charge in [0.1, 0.15) is 5.82 Å². The van der Waals surface area contributed by atoms with Crippen molar-refractivity contribution < 1.29 is 4.39 Å². The van der Waals surface area contributed by atoms with Crippen molar-refractivity contribution >= 4 is 5.69 Å². The summed E-state index contributed by atoms with van der Waals surface area (Å²) in [5.74, 6) is -0.334. The van der Waals surface area contributed by atoms with Crippen molar-refractivity contribution in [1.29, 1.82) is 5.26 Å². The summed E-state index contributed by atoms with van der Waals surface area (Å²) in [6.07, 6.45) is 1.06. The smallest absolute Gasteiger partial charge is 0.146 e. The standard InChI is InChI=1S/C17H26FN3/c1-5-9-20-14(4)15-7-8-17(16(18)10-15)21(6-2)12-13(3)11-19/h7-8,10,13-14,20H,5-6,9,12H2,1-4H3. The van der Waals surface area contributed by atoms with Gasteiger partial charge in [0.2, 0.25) is 0 Å². The minimum Gasteiger partial charge on any atom is -0.368 e. The summed E-state index contributed by atoms with van der Waals surface area (Å²) in [6.45, 7) is 10.1. The van der Waals surface area contributed by atoms with Crippen LogP contribution in [0.5, 0.6) is 0 Å². The summed E-state index contributed by atoms with van der Waals surface area (Å²) in [5.41, 5.74) is 1.53. The van der Waals surface area contributed by atoms with E-state index in [2.05, 4.69) is 18.3 Å². The normalized spacial score (nSPS) is 13.5. The van der Waals surface area contributed by atoms with Gasteiger partial charge in [0.15, 0.2) is 0 Å². The molecule has 0 radical (unpaired) electrons. The SMILES string of the molecule is CCCNC(C)c1ccc(N(CC)CC(C)C#N)c(F)c1. The average molecular weight is 291 g/mol. The Morgan fingerprint density at radius 1 is 1.33 bits per heavy atom. The van der Waals surface area contributed by atoms with Gasteiger partial charge in [-0.05, 0) is 51.4 Å². The number of halogens is 1. The van der Waals surface area contributed by atoms with E-state index in [0.717, 1.165) is 18.5 Å². The van der Waals surface area contributed by atoms with E-state index in [1.54, 1.807) is 6.07 Å². The summed E-state index contributed by atoms with van der Waals surface area (Å²) < 4.78 is 14.4. The molecular weight excluding hydrogens is 265 g/mol. The quantitative estimate of drug-likeness (QED) is 0.790. The van der Waals surface area contributed by atoms with E-state index in [1.165, 1.54) is 0 Å². The van der Waals surface area contributed by atoms with Gasteiger partial charge in [0.25, 0.3) is 0 Å². The molecule has 21 heavy (non-hydrogen) atoms. The van der Waals surface area contributed by atoms with Gasteiger partial charge in [-0.3, -0.25) is 0 Å². The van der Waals surface area contributed by atoms with Gasteiger partial charge >= 0.3 is 0 Å². The molecular formula is C17H26FN3. The second-order valence-corrected chi connectivity index (χ2v) is 5.46. The van der Waals surface area contributed by atoms with Crippen LogP contribution in [0.25, 0.3) is 0 Å². The van der Waals surface area contributed by atoms with Crippen LogP contribution in [-0.4, -0.2) is 19.6 Å². The van der Waals surface area contributed by atoms with Gasteiger partial charge in [-0.15, -0.1) is 0 Å². The zero-order valence-electron chi connectivity index (χ0n) is 13.5. The molecule has 3 nitrogen and oxygen atoms in total. The van der Waals surface area contributed by atoms with Crippen molar-refractivity contribution in [2.75, 3.05) is 24.5 Å². The van der Waals surface area contributed by atoms with E-state index < -0.39 is 0 Å². The molecule has 1 aromatic carbocycles. The van der Waals surface area contributed by atoms with Gasteiger partial charge in [0.05, 0.1) is 17.7 Å². The van der Waals surface area contributed by atoms with Gasteiger partial charge in [-0.25, -0.2) is 4.39 Å². The van der Waals surface area contributed by atoms with Gasteiger partial charge in [-0.1, -0.05) is 13.0 Å². The molecule has 0 aliphatic heterocycles. The Hall–Kier alpha value is -1.60. The molecule has 4 heteroatoms. The maximum Gasteiger partial charge on any atom is 0.146 e. The first kappa shape index (κ1) is 17.5. The zero-order valence-corrected chi connectivity index (χ0v) is 13.5. The molecule has 0 saturated carbocycles. The van der Waals surface area contributed by atoms with Crippen molar-refractivity contribution in [3.63, 3.8) is 0 Å². The van der Waals surface area contributed by atoms with Crippen LogP contribution in [0.1, 0.15) is 45.7 Å². The highest BCUT2D eigenvalue weighted by Gasteiger charge is 2.15. The highest BCUT2D eigenvalue weighted by atomic mass is 19.1. The first-order valence-corrected chi connectivity index (χ1v) is 7.70. The Kier molecular flexibility index (Phi) is 7.18. The highest BCUT2D eigenvalue weighted by molar-refractivity contribution is 5.49. The fourth-order valence-electron chi connectivity index (χ4n) is 2.30. The lowest BCUT2D eigenvalue weighted by Gasteiger charge is -2.25. The number of nitrogens with zero attached hydrogens (tertiary/aromatic N) is 2. The predicted molar refractivity (Wildman–Crippen MR) is 85.8 cm³/mol. The van der Waals surface area contributed by atoms with Crippen LogP contribution in [0.15, 0.2) is 18.2 Å². The Balaban J connectivity index is 2.88. The van der Waals surface area contributed by atoms with Crippen LogP contribution in [0, 0.1) is 23.1 Å². The van der Waals surface area contributed by atoms with Gasteiger partial charge < -0.3 is 10.2 Å². The maximum absolute atomic E-state index is 14.4. The van der Waals surface area contributed by atoms with Crippen LogP contribution in [0.4, 0.5) is 10.1 Å². The van der Waals surface area contributed by atoms with Crippen molar-refractivity contribution in [2.45, 2.75) is 40.2 Å². The molecule has 0 aromatic heterocycles. The summed E-state index contributed by atoms with van der Waals surface area (Å²) in [7, 11) is 0. The number of hydrogen-bond acceptors (Lipinski definition) is 3. The molecule has 0 fully saturated rings. The molecule has 1 aromatic rings. The van der Waals surface area contributed by atoms with E-state index in [9.17, 15) is 4.39 Å². The molecule has 0 aliphatic rings. The zero-order chi connectivity index (χ0) is 15.8. The number of rotatable bonds is 8. The van der Waals surface area contributed by atoms with E-state index in [4.69, 9.17) is 5.26 Å². The average Bonchev–Trinajstić information content (AvgIpc) is 2.50. The van der Waals surface area contributed by atoms with E-state index >= 15 is 0 Å². The summed E-state index contributed by atoms with van der Waals surface area (Å²) in [5, 5.41) is 12.3. The van der Waals surface area contributed by atoms with Crippen LogP contribution < -0.4 is 10.2 Å². The van der Waals surface area contributed by atoms with Crippen molar-refractivity contribution in [3.8, 4) is 6.07 Å². The monoisotopic (exact) mass is 291 g/mol. The highest BCUT2D eigenvalue weighted by Crippen LogP contribution is 2.24. The van der Waals surface area contributed by atoms with Crippen LogP contribution in [0.2, 0.25) is 0 Å². The van der Waals surface area contributed by atoms with E-state index in [1.807, 2.05) is 37.8 Å². The second-order valence-electron chi connectivity index (χ2n) is 5.46. The lowest BCUT2D eigenvalue weighted by atomic mass is 10.1. The second kappa shape index (κ2) is 8.63. The largest absolute Gasteiger partial charge is 0.368 e. The number of anilines is 1. The first-order chi connectivity index (χ1) is 10.0. The number of benzene rings is 1. The third-order valence-corrected chi connectivity index (χ3v) is 3.61. The summed E-state index contributed by atoms with van der Waals surface area (Å²) in [4.78, 5) is 1.91. The molecule has 0 bridgehead atoms. The van der Waals surface area contributed by atoms with Crippen LogP contribution in [-0.2, 0) is 0 Å². The topological polar surface area (TPSA) is 39.1 Å². The van der Waals surface area contributed by atoms with Crippen LogP contribution >= 0.6 is 0 Å². The first-order valence-electron chi connectivity index (χ1n) is 7.70. The Morgan fingerprint density at radius 2 is 2.05 bits per heavy atom. The minimum atomic E-state index is -0.218. The molecule has 0 amide bonds. The number of nitrogens with one attached hydrogen (secondary N) is 1. The minimum absolute atomic E-state index is 0.117. The van der Waals surface area contributed by atoms with Gasteiger partial charge in [0, 0.05) is 19.1 Å². The third kappa shape index (κ3) is 5.02. The summed E-state index contributed by atoms with van der Waals surface area (Å²) >= 11 is 0. The molecule has 0 saturated heterocycles. The number of nitriles is 1. The number of hydrogen-bond donors (Lipinski definition) is 1. The summed E-state index contributed by atoms with van der Waals surface area (Å²) in [6, 6.07) is 7.72. The molecule has 0 aliphatic carbocycles. The molecule has 0 spiro atoms. The molecule has 1 rings (SSSR count). The predicted octanol–water partition coefficient (Wildman–Crippen LogP) is 3.87. The van der Waals surface area contributed by atoms with Crippen LogP contribution in [0.3, 0.4) is 0 Å². The van der Waals surface area contributed by atoms with Crippen molar-refractivity contribution in [2.24, 2.45) is 5.92 Å². The Bertz CT molecular complexity index is 481. The van der Waals surface area contributed by atoms with Crippen molar-refractivity contribution in [1.82, 2.24) is 5.32 Å². The van der Waals surface area contributed by atoms with Gasteiger partial charge in [-0.2, -0.15) is 5.26 Å². The van der Waals surface area contributed by atoms with E-state index in [0.29, 0.717) is 18.8 Å². The Labute approximate surface area is 127 Å². The third-order valence-electron chi connectivity index (χ3n) is 3.61. The maximum atomic E-state index is 14.4. The molecule has 1 N–H and O–H groups in total. The Morgan fingerprint density at radius 3 is 2.57 bits per heavy atom.